The van der Waals surface area contributed by atoms with Gasteiger partial charge < -0.3 is 0 Å². The number of thioether (sulfide) groups is 1. The molecule has 0 radical (unpaired) electrons. The van der Waals surface area contributed by atoms with Crippen LogP contribution in [0.15, 0.2) is 29.2 Å². The number of nitrogens with one attached hydrogen (secondary N) is 1. The second kappa shape index (κ2) is 3.47. The minimum Gasteiger partial charge on any atom is -0.271 e. The molecule has 1 aliphatic rings. The van der Waals surface area contributed by atoms with Crippen molar-refractivity contribution in [2.24, 2.45) is 5.84 Å². The van der Waals surface area contributed by atoms with E-state index in [0.717, 1.165) is 12.2 Å². The molecular formula is C9H12N2S. The van der Waals surface area contributed by atoms with Gasteiger partial charge in [0.05, 0.1) is 0 Å². The second-order valence-electron chi connectivity index (χ2n) is 2.89. The van der Waals surface area contributed by atoms with E-state index < -0.39 is 0 Å². The van der Waals surface area contributed by atoms with Gasteiger partial charge in [-0.3, -0.25) is 11.3 Å². The predicted octanol–water partition coefficient (Wildman–Crippen LogP) is 1.69. The lowest BCUT2D eigenvalue weighted by Gasteiger charge is -2.23. The Hall–Kier alpha value is -0.510. The summed E-state index contributed by atoms with van der Waals surface area (Å²) in [7, 11) is 0. The summed E-state index contributed by atoms with van der Waals surface area (Å²) in [6.07, 6.45) is 1.12. The Morgan fingerprint density at radius 3 is 3.08 bits per heavy atom. The number of hydrogen-bond donors (Lipinski definition) is 2. The summed E-state index contributed by atoms with van der Waals surface area (Å²) in [5.74, 6) is 6.62. The molecule has 2 rings (SSSR count). The molecule has 3 N–H and O–H groups in total. The van der Waals surface area contributed by atoms with Gasteiger partial charge in [-0.25, -0.2) is 0 Å². The summed E-state index contributed by atoms with van der Waals surface area (Å²) in [5, 5.41) is 0. The molecule has 0 bridgehead atoms. The maximum Gasteiger partial charge on any atom is 0.0479 e. The molecule has 0 aromatic heterocycles. The molecule has 1 unspecified atom stereocenters. The van der Waals surface area contributed by atoms with E-state index in [1.54, 1.807) is 0 Å². The van der Waals surface area contributed by atoms with Gasteiger partial charge in [0.15, 0.2) is 0 Å². The average molecular weight is 180 g/mol. The highest BCUT2D eigenvalue weighted by molar-refractivity contribution is 7.99. The predicted molar refractivity (Wildman–Crippen MR) is 51.8 cm³/mol. The Labute approximate surface area is 76.5 Å². The minimum atomic E-state index is 0.349. The van der Waals surface area contributed by atoms with Gasteiger partial charge >= 0.3 is 0 Å². The van der Waals surface area contributed by atoms with Crippen LogP contribution in [-0.4, -0.2) is 5.75 Å². The molecule has 0 aliphatic carbocycles. The van der Waals surface area contributed by atoms with Crippen molar-refractivity contribution in [2.45, 2.75) is 17.4 Å². The maximum atomic E-state index is 5.46. The van der Waals surface area contributed by atoms with Crippen LogP contribution < -0.4 is 11.3 Å². The third-order valence-electron chi connectivity index (χ3n) is 2.16. The first-order valence-corrected chi connectivity index (χ1v) is 5.08. The fraction of sp³-hybridized carbons (Fsp3) is 0.333. The van der Waals surface area contributed by atoms with E-state index in [4.69, 9.17) is 5.84 Å². The first-order valence-electron chi connectivity index (χ1n) is 4.09. The zero-order chi connectivity index (χ0) is 8.39. The Bertz CT molecular complexity index is 275. The van der Waals surface area contributed by atoms with Crippen LogP contribution in [0.25, 0.3) is 0 Å². The molecule has 0 amide bonds. The zero-order valence-corrected chi connectivity index (χ0v) is 7.60. The highest BCUT2D eigenvalue weighted by Crippen LogP contribution is 2.35. The van der Waals surface area contributed by atoms with Crippen molar-refractivity contribution >= 4 is 11.8 Å². The number of nitrogens with two attached hydrogens (primary N) is 1. The molecule has 1 aliphatic heterocycles. The van der Waals surface area contributed by atoms with Crippen LogP contribution in [0, 0.1) is 0 Å². The topological polar surface area (TPSA) is 38.0 Å². The molecule has 2 nitrogen and oxygen atoms in total. The van der Waals surface area contributed by atoms with Crippen LogP contribution in [-0.2, 0) is 0 Å². The van der Waals surface area contributed by atoms with Crippen LogP contribution in [0.5, 0.6) is 0 Å². The van der Waals surface area contributed by atoms with Gasteiger partial charge in [-0.15, -0.1) is 11.8 Å². The molecule has 1 heterocycles. The lowest BCUT2D eigenvalue weighted by Crippen LogP contribution is -2.30. The fourth-order valence-electron chi connectivity index (χ4n) is 1.52. The van der Waals surface area contributed by atoms with Gasteiger partial charge in [0, 0.05) is 10.9 Å². The number of rotatable bonds is 1. The summed E-state index contributed by atoms with van der Waals surface area (Å²) >= 11 is 1.91. The van der Waals surface area contributed by atoms with E-state index in [2.05, 4.69) is 29.7 Å². The summed E-state index contributed by atoms with van der Waals surface area (Å²) < 4.78 is 0. The zero-order valence-electron chi connectivity index (χ0n) is 6.79. The molecule has 0 fully saturated rings. The van der Waals surface area contributed by atoms with Crippen molar-refractivity contribution in [3.05, 3.63) is 29.8 Å². The van der Waals surface area contributed by atoms with Crippen LogP contribution in [0.3, 0.4) is 0 Å². The number of hydrazine groups is 1. The van der Waals surface area contributed by atoms with Crippen LogP contribution >= 0.6 is 11.8 Å². The second-order valence-corrected chi connectivity index (χ2v) is 4.03. The molecular weight excluding hydrogens is 168 g/mol. The third-order valence-corrected chi connectivity index (χ3v) is 3.28. The standard InChI is InChI=1S/C9H12N2S/c10-11-8-5-6-12-9-4-2-1-3-7(8)9/h1-4,8,11H,5-6,10H2. The lowest BCUT2D eigenvalue weighted by molar-refractivity contribution is 0.529. The van der Waals surface area contributed by atoms with E-state index in [1.807, 2.05) is 11.8 Å². The maximum absolute atomic E-state index is 5.46. The van der Waals surface area contributed by atoms with Crippen molar-refractivity contribution in [1.29, 1.82) is 0 Å². The molecule has 1 aromatic rings. The van der Waals surface area contributed by atoms with Gasteiger partial charge in [0.2, 0.25) is 0 Å². The van der Waals surface area contributed by atoms with Crippen molar-refractivity contribution in [3.8, 4) is 0 Å². The van der Waals surface area contributed by atoms with E-state index in [1.165, 1.54) is 10.5 Å². The molecule has 3 heteroatoms. The Morgan fingerprint density at radius 1 is 1.42 bits per heavy atom. The molecule has 0 saturated heterocycles. The van der Waals surface area contributed by atoms with Gasteiger partial charge in [-0.05, 0) is 23.8 Å². The van der Waals surface area contributed by atoms with Crippen LogP contribution in [0.1, 0.15) is 18.0 Å². The highest BCUT2D eigenvalue weighted by atomic mass is 32.2. The molecule has 1 aromatic carbocycles. The van der Waals surface area contributed by atoms with E-state index in [9.17, 15) is 0 Å². The highest BCUT2D eigenvalue weighted by Gasteiger charge is 2.18. The Balaban J connectivity index is 2.37. The minimum absolute atomic E-state index is 0.349. The van der Waals surface area contributed by atoms with Crippen LogP contribution in [0.2, 0.25) is 0 Å². The first-order chi connectivity index (χ1) is 5.92. The third kappa shape index (κ3) is 1.35. The van der Waals surface area contributed by atoms with Crippen LogP contribution in [0.4, 0.5) is 0 Å². The molecule has 12 heavy (non-hydrogen) atoms. The van der Waals surface area contributed by atoms with Crippen molar-refractivity contribution in [1.82, 2.24) is 5.43 Å². The van der Waals surface area contributed by atoms with E-state index in [0.29, 0.717) is 6.04 Å². The first kappa shape index (κ1) is 8.10. The summed E-state index contributed by atoms with van der Waals surface area (Å²) in [5.41, 5.74) is 4.19. The Kier molecular flexibility index (Phi) is 2.35. The van der Waals surface area contributed by atoms with Crippen molar-refractivity contribution in [2.75, 3.05) is 5.75 Å². The quantitative estimate of drug-likeness (QED) is 0.510. The molecule has 64 valence electrons. The number of benzene rings is 1. The number of hydrogen-bond acceptors (Lipinski definition) is 3. The normalized spacial score (nSPS) is 21.9. The molecule has 1 atom stereocenters. The summed E-state index contributed by atoms with van der Waals surface area (Å²) in [6.45, 7) is 0. The smallest absolute Gasteiger partial charge is 0.0479 e. The van der Waals surface area contributed by atoms with E-state index >= 15 is 0 Å². The molecule has 0 spiro atoms. The van der Waals surface area contributed by atoms with Gasteiger partial charge in [-0.1, -0.05) is 18.2 Å². The fourth-order valence-corrected chi connectivity index (χ4v) is 2.64. The lowest BCUT2D eigenvalue weighted by atomic mass is 10.1. The SMILES string of the molecule is NNC1CCSc2ccccc21. The number of fused-ring (bicyclic) bond motifs is 1. The Morgan fingerprint density at radius 2 is 2.25 bits per heavy atom. The summed E-state index contributed by atoms with van der Waals surface area (Å²) in [6, 6.07) is 8.79. The van der Waals surface area contributed by atoms with E-state index in [-0.39, 0.29) is 0 Å². The van der Waals surface area contributed by atoms with Gasteiger partial charge in [-0.2, -0.15) is 0 Å². The van der Waals surface area contributed by atoms with Gasteiger partial charge in [0.1, 0.15) is 0 Å². The van der Waals surface area contributed by atoms with Gasteiger partial charge in [0.25, 0.3) is 0 Å². The van der Waals surface area contributed by atoms with Crippen molar-refractivity contribution < 1.29 is 0 Å². The largest absolute Gasteiger partial charge is 0.271 e. The average Bonchev–Trinajstić information content (AvgIpc) is 2.17. The summed E-state index contributed by atoms with van der Waals surface area (Å²) in [4.78, 5) is 1.37. The molecule has 0 saturated carbocycles. The monoisotopic (exact) mass is 180 g/mol. The van der Waals surface area contributed by atoms with Crippen molar-refractivity contribution in [3.63, 3.8) is 0 Å².